The lowest BCUT2D eigenvalue weighted by atomic mass is 9.85. The molecule has 1 saturated carbocycles. The zero-order chi connectivity index (χ0) is 9.97. The fourth-order valence-corrected chi connectivity index (χ4v) is 1.78. The minimum atomic E-state index is -0.156. The van der Waals surface area contributed by atoms with Crippen LogP contribution in [0.3, 0.4) is 0 Å². The number of hydrogen-bond acceptors (Lipinski definition) is 1. The molecule has 14 heavy (non-hydrogen) atoms. The van der Waals surface area contributed by atoms with Crippen LogP contribution >= 0.6 is 0 Å². The van der Waals surface area contributed by atoms with E-state index in [1.54, 1.807) is 6.07 Å². The Kier molecular flexibility index (Phi) is 2.71. The van der Waals surface area contributed by atoms with Crippen molar-refractivity contribution in [3.8, 4) is 0 Å². The van der Waals surface area contributed by atoms with Gasteiger partial charge in [-0.3, -0.25) is 0 Å². The van der Waals surface area contributed by atoms with Crippen molar-refractivity contribution in [3.05, 3.63) is 29.6 Å². The highest BCUT2D eigenvalue weighted by Gasteiger charge is 2.16. The molecular weight excluding hydrogens is 177 g/mol. The number of halogens is 1. The Balaban J connectivity index is 1.94. The maximum absolute atomic E-state index is 12.8. The van der Waals surface area contributed by atoms with E-state index >= 15 is 0 Å². The summed E-state index contributed by atoms with van der Waals surface area (Å²) in [5, 5.41) is 3.38. The third-order valence-corrected chi connectivity index (χ3v) is 2.99. The van der Waals surface area contributed by atoms with Crippen molar-refractivity contribution < 1.29 is 4.39 Å². The number of benzene rings is 1. The standard InChI is InChI=1S/C12H16FN/c1-9-7-11(13)5-6-12(9)14-8-10-3-2-4-10/h5-7,10,14H,2-4,8H2,1H3. The highest BCUT2D eigenvalue weighted by Crippen LogP contribution is 2.27. The minimum Gasteiger partial charge on any atom is -0.385 e. The van der Waals surface area contributed by atoms with Gasteiger partial charge < -0.3 is 5.32 Å². The van der Waals surface area contributed by atoms with Crippen molar-refractivity contribution in [2.75, 3.05) is 11.9 Å². The second kappa shape index (κ2) is 3.99. The zero-order valence-corrected chi connectivity index (χ0v) is 8.52. The predicted molar refractivity (Wildman–Crippen MR) is 57.0 cm³/mol. The van der Waals surface area contributed by atoms with Gasteiger partial charge in [0.25, 0.3) is 0 Å². The van der Waals surface area contributed by atoms with Crippen LogP contribution in [-0.4, -0.2) is 6.54 Å². The van der Waals surface area contributed by atoms with Gasteiger partial charge in [-0.15, -0.1) is 0 Å². The first kappa shape index (κ1) is 9.50. The molecule has 2 heteroatoms. The first-order valence-electron chi connectivity index (χ1n) is 5.26. The van der Waals surface area contributed by atoms with Gasteiger partial charge in [0.2, 0.25) is 0 Å². The first-order valence-corrected chi connectivity index (χ1v) is 5.26. The topological polar surface area (TPSA) is 12.0 Å². The predicted octanol–water partition coefficient (Wildman–Crippen LogP) is 3.35. The highest BCUT2D eigenvalue weighted by molar-refractivity contribution is 5.50. The Labute approximate surface area is 84.3 Å². The second-order valence-electron chi connectivity index (χ2n) is 4.14. The zero-order valence-electron chi connectivity index (χ0n) is 8.52. The van der Waals surface area contributed by atoms with E-state index in [2.05, 4.69) is 5.32 Å². The summed E-state index contributed by atoms with van der Waals surface area (Å²) < 4.78 is 12.8. The Hall–Kier alpha value is -1.05. The van der Waals surface area contributed by atoms with E-state index in [0.717, 1.165) is 23.7 Å². The lowest BCUT2D eigenvalue weighted by Crippen LogP contribution is -2.21. The van der Waals surface area contributed by atoms with Gasteiger partial charge in [-0.2, -0.15) is 0 Å². The average molecular weight is 193 g/mol. The third-order valence-electron chi connectivity index (χ3n) is 2.99. The summed E-state index contributed by atoms with van der Waals surface area (Å²) in [6, 6.07) is 4.91. The van der Waals surface area contributed by atoms with E-state index < -0.39 is 0 Å². The summed E-state index contributed by atoms with van der Waals surface area (Å²) in [5.74, 6) is 0.677. The van der Waals surface area contributed by atoms with Gasteiger partial charge in [0.05, 0.1) is 0 Å². The quantitative estimate of drug-likeness (QED) is 0.776. The normalized spacial score (nSPS) is 16.4. The van der Waals surface area contributed by atoms with Gasteiger partial charge in [-0.05, 0) is 49.4 Å². The van der Waals surface area contributed by atoms with E-state index in [-0.39, 0.29) is 5.82 Å². The van der Waals surface area contributed by atoms with Crippen LogP contribution in [0.1, 0.15) is 24.8 Å². The van der Waals surface area contributed by atoms with Gasteiger partial charge in [0.15, 0.2) is 0 Å². The van der Waals surface area contributed by atoms with E-state index in [0.29, 0.717) is 0 Å². The van der Waals surface area contributed by atoms with Crippen LogP contribution in [0.2, 0.25) is 0 Å². The van der Waals surface area contributed by atoms with Crippen LogP contribution in [0.4, 0.5) is 10.1 Å². The minimum absolute atomic E-state index is 0.156. The van der Waals surface area contributed by atoms with Crippen molar-refractivity contribution in [1.82, 2.24) is 0 Å². The molecule has 76 valence electrons. The van der Waals surface area contributed by atoms with Crippen LogP contribution in [0, 0.1) is 18.7 Å². The van der Waals surface area contributed by atoms with E-state index in [9.17, 15) is 4.39 Å². The van der Waals surface area contributed by atoms with Crippen molar-refractivity contribution in [1.29, 1.82) is 0 Å². The molecule has 1 fully saturated rings. The van der Waals surface area contributed by atoms with Crippen LogP contribution < -0.4 is 5.32 Å². The molecule has 0 spiro atoms. The molecule has 1 N–H and O–H groups in total. The lowest BCUT2D eigenvalue weighted by molar-refractivity contribution is 0.333. The molecule has 0 aliphatic heterocycles. The molecule has 1 nitrogen and oxygen atoms in total. The number of anilines is 1. The van der Waals surface area contributed by atoms with Crippen molar-refractivity contribution in [3.63, 3.8) is 0 Å². The Bertz CT molecular complexity index is 318. The molecule has 0 bridgehead atoms. The summed E-state index contributed by atoms with van der Waals surface area (Å²) in [6.07, 6.45) is 4.05. The molecule has 0 aromatic heterocycles. The van der Waals surface area contributed by atoms with Crippen molar-refractivity contribution >= 4 is 5.69 Å². The van der Waals surface area contributed by atoms with Crippen LogP contribution in [0.15, 0.2) is 18.2 Å². The molecular formula is C12H16FN. The van der Waals surface area contributed by atoms with E-state index in [4.69, 9.17) is 0 Å². The fraction of sp³-hybridized carbons (Fsp3) is 0.500. The molecule has 1 aliphatic rings. The number of nitrogens with one attached hydrogen (secondary N) is 1. The van der Waals surface area contributed by atoms with E-state index in [1.807, 2.05) is 13.0 Å². The summed E-state index contributed by atoms with van der Waals surface area (Å²) in [7, 11) is 0. The van der Waals surface area contributed by atoms with Crippen molar-refractivity contribution in [2.45, 2.75) is 26.2 Å². The summed E-state index contributed by atoms with van der Waals surface area (Å²) in [4.78, 5) is 0. The molecule has 0 radical (unpaired) electrons. The van der Waals surface area contributed by atoms with Crippen LogP contribution in [0.5, 0.6) is 0 Å². The van der Waals surface area contributed by atoms with E-state index in [1.165, 1.54) is 25.3 Å². The number of aryl methyl sites for hydroxylation is 1. The Morgan fingerprint density at radius 1 is 1.43 bits per heavy atom. The van der Waals surface area contributed by atoms with Crippen molar-refractivity contribution in [2.24, 2.45) is 5.92 Å². The van der Waals surface area contributed by atoms with Gasteiger partial charge >= 0.3 is 0 Å². The van der Waals surface area contributed by atoms with Crippen LogP contribution in [-0.2, 0) is 0 Å². The third kappa shape index (κ3) is 2.06. The molecule has 1 aromatic carbocycles. The first-order chi connectivity index (χ1) is 6.75. The average Bonchev–Trinajstić information content (AvgIpc) is 2.05. The molecule has 1 aliphatic carbocycles. The largest absolute Gasteiger partial charge is 0.385 e. The SMILES string of the molecule is Cc1cc(F)ccc1NCC1CCC1. The van der Waals surface area contributed by atoms with Crippen LogP contribution in [0.25, 0.3) is 0 Å². The maximum atomic E-state index is 12.8. The molecule has 1 aromatic rings. The lowest BCUT2D eigenvalue weighted by Gasteiger charge is -2.26. The molecule has 0 heterocycles. The smallest absolute Gasteiger partial charge is 0.123 e. The number of hydrogen-bond donors (Lipinski definition) is 1. The van der Waals surface area contributed by atoms with Gasteiger partial charge in [-0.1, -0.05) is 6.42 Å². The maximum Gasteiger partial charge on any atom is 0.123 e. The Morgan fingerprint density at radius 2 is 2.21 bits per heavy atom. The molecule has 0 amide bonds. The molecule has 2 rings (SSSR count). The fourth-order valence-electron chi connectivity index (χ4n) is 1.78. The van der Waals surface area contributed by atoms with Gasteiger partial charge in [0.1, 0.15) is 5.82 Å². The summed E-state index contributed by atoms with van der Waals surface area (Å²) in [6.45, 7) is 2.97. The molecule has 0 saturated heterocycles. The monoisotopic (exact) mass is 193 g/mol. The van der Waals surface area contributed by atoms with Gasteiger partial charge in [0, 0.05) is 12.2 Å². The number of rotatable bonds is 3. The molecule has 0 atom stereocenters. The molecule has 0 unspecified atom stereocenters. The Morgan fingerprint density at radius 3 is 2.79 bits per heavy atom. The highest BCUT2D eigenvalue weighted by atomic mass is 19.1. The summed E-state index contributed by atoms with van der Waals surface area (Å²) >= 11 is 0. The van der Waals surface area contributed by atoms with Gasteiger partial charge in [-0.25, -0.2) is 4.39 Å². The second-order valence-corrected chi connectivity index (χ2v) is 4.14. The summed E-state index contributed by atoms with van der Waals surface area (Å²) in [5.41, 5.74) is 2.06.